The number of hydrogen-bond acceptors (Lipinski definition) is 4. The summed E-state index contributed by atoms with van der Waals surface area (Å²) in [5, 5.41) is 0. The number of thioether (sulfide) groups is 1. The Hall–Kier alpha value is -0.520. The van der Waals surface area contributed by atoms with Crippen LogP contribution >= 0.6 is 11.8 Å². The molecule has 15 heavy (non-hydrogen) atoms. The van der Waals surface area contributed by atoms with E-state index in [2.05, 4.69) is 24.3 Å². The second-order valence-electron chi connectivity index (χ2n) is 4.05. The van der Waals surface area contributed by atoms with E-state index in [0.29, 0.717) is 0 Å². The third-order valence-electron chi connectivity index (χ3n) is 2.11. The Morgan fingerprint density at radius 2 is 2.27 bits per heavy atom. The summed E-state index contributed by atoms with van der Waals surface area (Å²) in [6.07, 6.45) is 3.74. The minimum Gasteiger partial charge on any atom is -0.337 e. The van der Waals surface area contributed by atoms with Gasteiger partial charge in [0.2, 0.25) is 0 Å². The monoisotopic (exact) mass is 228 g/mol. The van der Waals surface area contributed by atoms with Crippen molar-refractivity contribution in [3.63, 3.8) is 0 Å². The number of hydrazine groups is 1. The molecule has 0 saturated heterocycles. The molecular weight excluding hydrogens is 208 g/mol. The van der Waals surface area contributed by atoms with Gasteiger partial charge in [-0.05, 0) is 11.7 Å². The van der Waals surface area contributed by atoms with Gasteiger partial charge in [0.25, 0.3) is 0 Å². The number of aromatic nitrogens is 2. The summed E-state index contributed by atoms with van der Waals surface area (Å²) in [7, 11) is 1.99. The van der Waals surface area contributed by atoms with Crippen molar-refractivity contribution in [2.24, 2.45) is 18.8 Å². The summed E-state index contributed by atoms with van der Waals surface area (Å²) in [6.45, 7) is 4.44. The maximum Gasteiger partial charge on any atom is 0.127 e. The van der Waals surface area contributed by atoms with Gasteiger partial charge in [-0.3, -0.25) is 5.84 Å². The van der Waals surface area contributed by atoms with Gasteiger partial charge in [-0.1, -0.05) is 13.8 Å². The van der Waals surface area contributed by atoms with E-state index in [1.54, 1.807) is 6.20 Å². The summed E-state index contributed by atoms with van der Waals surface area (Å²) in [5.74, 6) is 9.36. The summed E-state index contributed by atoms with van der Waals surface area (Å²) >= 11 is 1.91. The first-order valence-electron chi connectivity index (χ1n) is 5.16. The lowest BCUT2D eigenvalue weighted by atomic mass is 10.3. The summed E-state index contributed by atoms with van der Waals surface area (Å²) in [5.41, 5.74) is 2.81. The van der Waals surface area contributed by atoms with Crippen LogP contribution in [-0.4, -0.2) is 21.1 Å². The number of imidazole rings is 1. The quantitative estimate of drug-likeness (QED) is 0.569. The van der Waals surface area contributed by atoms with Crippen LogP contribution in [0.2, 0.25) is 0 Å². The Labute approximate surface area is 95.6 Å². The average Bonchev–Trinajstić information content (AvgIpc) is 2.59. The van der Waals surface area contributed by atoms with E-state index >= 15 is 0 Å². The lowest BCUT2D eigenvalue weighted by Gasteiger charge is -2.15. The molecule has 1 aromatic rings. The molecule has 0 aliphatic carbocycles. The van der Waals surface area contributed by atoms with Crippen molar-refractivity contribution in [1.29, 1.82) is 0 Å². The van der Waals surface area contributed by atoms with Gasteiger partial charge >= 0.3 is 0 Å². The van der Waals surface area contributed by atoms with Gasteiger partial charge in [-0.25, -0.2) is 10.4 Å². The minimum atomic E-state index is 0.133. The lowest BCUT2D eigenvalue weighted by molar-refractivity contribution is 0.556. The fourth-order valence-electron chi connectivity index (χ4n) is 1.33. The van der Waals surface area contributed by atoms with E-state index in [4.69, 9.17) is 5.84 Å². The number of nitrogens with one attached hydrogen (secondary N) is 1. The molecule has 0 bridgehead atoms. The van der Waals surface area contributed by atoms with E-state index in [1.807, 2.05) is 29.6 Å². The molecule has 1 rings (SSSR count). The molecule has 0 aliphatic heterocycles. The molecule has 0 spiro atoms. The molecule has 1 aromatic heterocycles. The van der Waals surface area contributed by atoms with Crippen molar-refractivity contribution in [2.75, 3.05) is 11.5 Å². The van der Waals surface area contributed by atoms with Crippen LogP contribution in [0.3, 0.4) is 0 Å². The maximum absolute atomic E-state index is 5.53. The number of aryl methyl sites for hydroxylation is 1. The minimum absolute atomic E-state index is 0.133. The molecule has 86 valence electrons. The predicted octanol–water partition coefficient (Wildman–Crippen LogP) is 1.31. The van der Waals surface area contributed by atoms with Gasteiger partial charge in [-0.15, -0.1) is 0 Å². The van der Waals surface area contributed by atoms with Gasteiger partial charge in [0, 0.05) is 25.2 Å². The number of hydrogen-bond donors (Lipinski definition) is 2. The largest absolute Gasteiger partial charge is 0.337 e. The van der Waals surface area contributed by atoms with Crippen LogP contribution in [0, 0.1) is 5.92 Å². The molecule has 1 atom stereocenters. The smallest absolute Gasteiger partial charge is 0.127 e. The van der Waals surface area contributed by atoms with Crippen molar-refractivity contribution in [2.45, 2.75) is 19.9 Å². The highest BCUT2D eigenvalue weighted by atomic mass is 32.2. The fraction of sp³-hybridized carbons (Fsp3) is 0.700. The first-order valence-corrected chi connectivity index (χ1v) is 6.31. The molecule has 3 N–H and O–H groups in total. The third kappa shape index (κ3) is 3.85. The molecule has 0 aromatic carbocycles. The van der Waals surface area contributed by atoms with Crippen LogP contribution < -0.4 is 11.3 Å². The maximum atomic E-state index is 5.53. The molecule has 0 saturated carbocycles. The number of rotatable bonds is 6. The van der Waals surface area contributed by atoms with E-state index < -0.39 is 0 Å². The average molecular weight is 228 g/mol. The summed E-state index contributed by atoms with van der Waals surface area (Å²) in [4.78, 5) is 4.29. The Balaban J connectivity index is 2.46. The van der Waals surface area contributed by atoms with Crippen LogP contribution in [0.15, 0.2) is 12.4 Å². The van der Waals surface area contributed by atoms with Gasteiger partial charge in [0.05, 0.1) is 6.04 Å². The lowest BCUT2D eigenvalue weighted by Crippen LogP contribution is -2.31. The van der Waals surface area contributed by atoms with Crippen LogP contribution in [-0.2, 0) is 7.05 Å². The molecule has 4 nitrogen and oxygen atoms in total. The Kier molecular flexibility index (Phi) is 5.14. The number of nitrogens with two attached hydrogens (primary N) is 1. The van der Waals surface area contributed by atoms with Crippen molar-refractivity contribution in [3.8, 4) is 0 Å². The zero-order valence-corrected chi connectivity index (χ0v) is 10.4. The van der Waals surface area contributed by atoms with Crippen molar-refractivity contribution in [1.82, 2.24) is 15.0 Å². The van der Waals surface area contributed by atoms with E-state index in [-0.39, 0.29) is 6.04 Å². The van der Waals surface area contributed by atoms with Gasteiger partial charge in [0.1, 0.15) is 5.82 Å². The predicted molar refractivity (Wildman–Crippen MR) is 65.4 cm³/mol. The van der Waals surface area contributed by atoms with E-state index in [0.717, 1.165) is 23.2 Å². The van der Waals surface area contributed by atoms with Crippen molar-refractivity contribution in [3.05, 3.63) is 18.2 Å². The van der Waals surface area contributed by atoms with Crippen molar-refractivity contribution < 1.29 is 0 Å². The normalized spacial score (nSPS) is 13.4. The van der Waals surface area contributed by atoms with Gasteiger partial charge < -0.3 is 4.57 Å². The second-order valence-corrected chi connectivity index (χ2v) is 5.12. The molecule has 0 aliphatic rings. The molecule has 1 heterocycles. The van der Waals surface area contributed by atoms with E-state index in [9.17, 15) is 0 Å². The Morgan fingerprint density at radius 3 is 2.73 bits per heavy atom. The Bertz CT molecular complexity index is 285. The van der Waals surface area contributed by atoms with Crippen LogP contribution in [0.4, 0.5) is 0 Å². The fourth-order valence-corrected chi connectivity index (χ4v) is 2.42. The Morgan fingerprint density at radius 1 is 1.53 bits per heavy atom. The molecule has 0 amide bonds. The molecule has 5 heteroatoms. The SMILES string of the molecule is CC(C)CSCC(NN)c1nccn1C. The zero-order chi connectivity index (χ0) is 11.3. The summed E-state index contributed by atoms with van der Waals surface area (Å²) < 4.78 is 2.00. The summed E-state index contributed by atoms with van der Waals surface area (Å²) in [6, 6.07) is 0.133. The molecule has 1 unspecified atom stereocenters. The standard InChI is InChI=1S/C10H20N4S/c1-8(2)6-15-7-9(13-11)10-12-4-5-14(10)3/h4-5,8-9,13H,6-7,11H2,1-3H3. The van der Waals surface area contributed by atoms with Gasteiger partial charge in [-0.2, -0.15) is 11.8 Å². The third-order valence-corrected chi connectivity index (χ3v) is 3.58. The highest BCUT2D eigenvalue weighted by Gasteiger charge is 2.13. The second kappa shape index (κ2) is 6.15. The van der Waals surface area contributed by atoms with Crippen molar-refractivity contribution >= 4 is 11.8 Å². The molecular formula is C10H20N4S. The highest BCUT2D eigenvalue weighted by molar-refractivity contribution is 7.99. The zero-order valence-electron chi connectivity index (χ0n) is 9.60. The van der Waals surface area contributed by atoms with Gasteiger partial charge in [0.15, 0.2) is 0 Å². The number of nitrogens with zero attached hydrogens (tertiary/aromatic N) is 2. The first kappa shape index (κ1) is 12.5. The molecule has 0 fully saturated rings. The van der Waals surface area contributed by atoms with Crippen LogP contribution in [0.5, 0.6) is 0 Å². The van der Waals surface area contributed by atoms with Crippen LogP contribution in [0.1, 0.15) is 25.7 Å². The van der Waals surface area contributed by atoms with E-state index in [1.165, 1.54) is 0 Å². The molecule has 0 radical (unpaired) electrons. The van der Waals surface area contributed by atoms with Crippen LogP contribution in [0.25, 0.3) is 0 Å². The first-order chi connectivity index (χ1) is 7.15. The highest BCUT2D eigenvalue weighted by Crippen LogP contribution is 2.17. The topological polar surface area (TPSA) is 55.9 Å².